The Bertz CT molecular complexity index is 329. The van der Waals surface area contributed by atoms with E-state index in [9.17, 15) is 4.39 Å². The normalized spacial score (nSPS) is 8.83. The quantitative estimate of drug-likeness (QED) is 0.458. The van der Waals surface area contributed by atoms with Gasteiger partial charge in [0.25, 0.3) is 0 Å². The summed E-state index contributed by atoms with van der Waals surface area (Å²) in [5, 5.41) is 0. The van der Waals surface area contributed by atoms with Crippen molar-refractivity contribution in [3.05, 3.63) is 46.2 Å². The first-order chi connectivity index (χ1) is 5.74. The third kappa shape index (κ3) is 2.36. The summed E-state index contributed by atoms with van der Waals surface area (Å²) in [7, 11) is 0. The highest BCUT2D eigenvalue weighted by Crippen LogP contribution is 2.21. The smallest absolute Gasteiger partial charge is 0.140 e. The molecule has 0 fully saturated rings. The zero-order valence-electron chi connectivity index (χ0n) is 6.18. The van der Waals surface area contributed by atoms with E-state index in [1.165, 1.54) is 18.4 Å². The largest absolute Gasteiger partial charge is 0.456 e. The average Bonchev–Trinajstić information content (AvgIpc) is 2.03. The number of ether oxygens (including phenoxy) is 1. The maximum Gasteiger partial charge on any atom is 0.140 e. The summed E-state index contributed by atoms with van der Waals surface area (Å²) in [6, 6.07) is 4.30. The highest BCUT2D eigenvalue weighted by molar-refractivity contribution is 14.1. The van der Waals surface area contributed by atoms with Crippen LogP contribution in [0.1, 0.15) is 0 Å². The van der Waals surface area contributed by atoms with Crippen molar-refractivity contribution in [3.63, 3.8) is 0 Å². The van der Waals surface area contributed by atoms with E-state index in [0.29, 0.717) is 5.75 Å². The van der Waals surface area contributed by atoms with Crippen LogP contribution < -0.4 is 4.74 Å². The second-order valence-corrected chi connectivity index (χ2v) is 3.18. The molecule has 1 aromatic carbocycles. The summed E-state index contributed by atoms with van der Waals surface area (Å²) in [6.07, 6.45) is 1.33. The van der Waals surface area contributed by atoms with Gasteiger partial charge in [0.1, 0.15) is 17.8 Å². The van der Waals surface area contributed by atoms with Crippen molar-refractivity contribution >= 4 is 22.6 Å². The van der Waals surface area contributed by atoms with E-state index >= 15 is 0 Å². The maximum absolute atomic E-state index is 12.6. The van der Waals surface area contributed by atoms with Gasteiger partial charge in [0.05, 0.1) is 3.57 Å². The fraction of sp³-hybridized carbons (Fsp3) is 0. The fourth-order valence-electron chi connectivity index (χ4n) is 0.676. The van der Waals surface area contributed by atoms with E-state index in [1.807, 2.05) is 22.6 Å². The monoisotopic (exact) mass is 276 g/mol. The Morgan fingerprint density at radius 3 is 2.92 bits per heavy atom. The van der Waals surface area contributed by atoms with Crippen LogP contribution in [0.2, 0.25) is 0 Å². The molecule has 0 radical (unpaired) electrons. The molecular weight excluding hydrogens is 270 g/mol. The van der Waals surface area contributed by atoms with Crippen molar-refractivity contribution in [1.82, 2.24) is 0 Å². The lowest BCUT2D eigenvalue weighted by molar-refractivity contribution is 0.476. The van der Waals surface area contributed by atoms with Crippen molar-refractivity contribution in [3.8, 4) is 5.75 Å². The molecule has 0 aliphatic carbocycles. The number of hydrogen-bond donors (Lipinski definition) is 0. The van der Waals surface area contributed by atoms with Gasteiger partial charge in [0.15, 0.2) is 0 Å². The number of hydrogen-bond acceptors (Lipinski definition) is 1. The van der Waals surface area contributed by atoms with E-state index in [2.05, 4.69) is 12.3 Å². The summed E-state index contributed by atoms with van der Waals surface area (Å²) in [5.41, 5.74) is 2.46. The summed E-state index contributed by atoms with van der Waals surface area (Å²) in [5.74, 6) is 0.336. The molecule has 0 saturated heterocycles. The van der Waals surface area contributed by atoms with Crippen LogP contribution in [0, 0.1) is 9.39 Å². The molecule has 0 saturated carbocycles. The first kappa shape index (κ1) is 9.29. The molecule has 0 N–H and O–H groups in total. The van der Waals surface area contributed by atoms with Gasteiger partial charge in [0.2, 0.25) is 0 Å². The zero-order valence-corrected chi connectivity index (χ0v) is 8.34. The first-order valence-electron chi connectivity index (χ1n) is 3.20. The van der Waals surface area contributed by atoms with Crippen LogP contribution in [0.15, 0.2) is 36.8 Å². The van der Waals surface area contributed by atoms with E-state index in [-0.39, 0.29) is 5.82 Å². The minimum Gasteiger partial charge on any atom is -0.456 e. The molecule has 62 valence electrons. The van der Waals surface area contributed by atoms with Gasteiger partial charge in [-0.25, -0.2) is 4.39 Å². The molecule has 0 amide bonds. The number of benzene rings is 1. The topological polar surface area (TPSA) is 9.23 Å². The summed E-state index contributed by atoms with van der Waals surface area (Å²) in [4.78, 5) is 0. The molecule has 0 aliphatic rings. The molecule has 0 aromatic heterocycles. The molecule has 0 unspecified atom stereocenters. The van der Waals surface area contributed by atoms with Crippen molar-refractivity contribution in [2.45, 2.75) is 0 Å². The molecule has 1 aromatic rings. The molecule has 1 nitrogen and oxygen atoms in total. The van der Waals surface area contributed by atoms with Crippen LogP contribution in [-0.4, -0.2) is 0 Å². The molecule has 0 bridgehead atoms. The minimum absolute atomic E-state index is 0.269. The van der Waals surface area contributed by atoms with E-state index < -0.39 is 0 Å². The van der Waals surface area contributed by atoms with Gasteiger partial charge in [-0.05, 0) is 40.8 Å². The highest BCUT2D eigenvalue weighted by atomic mass is 127. The molecular formula is C9H6FIO. The zero-order chi connectivity index (χ0) is 8.97. The van der Waals surface area contributed by atoms with Crippen molar-refractivity contribution < 1.29 is 9.13 Å². The van der Waals surface area contributed by atoms with Crippen LogP contribution in [-0.2, 0) is 0 Å². The van der Waals surface area contributed by atoms with Crippen LogP contribution in [0.3, 0.4) is 0 Å². The van der Waals surface area contributed by atoms with Crippen LogP contribution >= 0.6 is 22.6 Å². The molecule has 0 heterocycles. The van der Waals surface area contributed by atoms with Gasteiger partial charge in [-0.1, -0.05) is 12.3 Å². The Hall–Kier alpha value is -0.800. The first-order valence-corrected chi connectivity index (χ1v) is 4.28. The van der Waals surface area contributed by atoms with Gasteiger partial charge in [-0.3, -0.25) is 0 Å². The van der Waals surface area contributed by atoms with E-state index in [4.69, 9.17) is 4.74 Å². The fourth-order valence-corrected chi connectivity index (χ4v) is 1.28. The van der Waals surface area contributed by atoms with Crippen LogP contribution in [0.25, 0.3) is 0 Å². The van der Waals surface area contributed by atoms with Gasteiger partial charge < -0.3 is 4.74 Å². The van der Waals surface area contributed by atoms with Crippen molar-refractivity contribution in [1.29, 1.82) is 0 Å². The van der Waals surface area contributed by atoms with Gasteiger partial charge in [-0.2, -0.15) is 0 Å². The average molecular weight is 276 g/mol. The lowest BCUT2D eigenvalue weighted by Crippen LogP contribution is -1.85. The lowest BCUT2D eigenvalue weighted by Gasteiger charge is -2.00. The van der Waals surface area contributed by atoms with E-state index in [1.54, 1.807) is 6.07 Å². The molecule has 1 rings (SSSR count). The molecule has 3 heteroatoms. The van der Waals surface area contributed by atoms with Crippen LogP contribution in [0.5, 0.6) is 5.75 Å². The van der Waals surface area contributed by atoms with Gasteiger partial charge in [0, 0.05) is 0 Å². The predicted octanol–water partition coefficient (Wildman–Crippen LogP) is 3.11. The Morgan fingerprint density at radius 1 is 1.58 bits per heavy atom. The SMILES string of the molecule is C=C=COc1ccc(F)cc1I. The Balaban J connectivity index is 2.93. The Kier molecular flexibility index (Phi) is 3.31. The molecule has 0 atom stereocenters. The number of halogens is 2. The predicted molar refractivity (Wildman–Crippen MR) is 53.5 cm³/mol. The summed E-state index contributed by atoms with van der Waals surface area (Å²) < 4.78 is 18.4. The second-order valence-electron chi connectivity index (χ2n) is 2.01. The van der Waals surface area contributed by atoms with Gasteiger partial charge in [-0.15, -0.1) is 0 Å². The standard InChI is InChI=1S/C9H6FIO/c1-2-5-12-9-4-3-7(10)6-8(9)11/h3-6H,1H2. The Morgan fingerprint density at radius 2 is 2.33 bits per heavy atom. The van der Waals surface area contributed by atoms with Crippen molar-refractivity contribution in [2.24, 2.45) is 0 Å². The lowest BCUT2D eigenvalue weighted by atomic mass is 10.3. The van der Waals surface area contributed by atoms with E-state index in [0.717, 1.165) is 3.57 Å². The maximum atomic E-state index is 12.6. The third-order valence-electron chi connectivity index (χ3n) is 1.16. The second kappa shape index (κ2) is 4.28. The molecule has 0 aliphatic heterocycles. The number of rotatable bonds is 2. The molecule has 0 spiro atoms. The van der Waals surface area contributed by atoms with Gasteiger partial charge >= 0.3 is 0 Å². The molecule has 12 heavy (non-hydrogen) atoms. The summed E-state index contributed by atoms with van der Waals surface area (Å²) >= 11 is 1.99. The summed E-state index contributed by atoms with van der Waals surface area (Å²) in [6.45, 7) is 3.34. The van der Waals surface area contributed by atoms with Crippen LogP contribution in [0.4, 0.5) is 4.39 Å². The van der Waals surface area contributed by atoms with Crippen molar-refractivity contribution in [2.75, 3.05) is 0 Å². The third-order valence-corrected chi connectivity index (χ3v) is 2.01. The minimum atomic E-state index is -0.269. The Labute approximate surface area is 83.7 Å². The highest BCUT2D eigenvalue weighted by Gasteiger charge is 1.99.